The highest BCUT2D eigenvalue weighted by molar-refractivity contribution is 7.89. The first kappa shape index (κ1) is 15.7. The maximum Gasteiger partial charge on any atom is 0.240 e. The molecule has 0 amide bonds. The van der Waals surface area contributed by atoms with E-state index in [-0.39, 0.29) is 16.6 Å². The van der Waals surface area contributed by atoms with Gasteiger partial charge in [0.25, 0.3) is 0 Å². The van der Waals surface area contributed by atoms with Gasteiger partial charge in [0.05, 0.1) is 11.4 Å². The molecule has 1 unspecified atom stereocenters. The number of primary sulfonamides is 1. The summed E-state index contributed by atoms with van der Waals surface area (Å²) in [5.74, 6) is 0. The van der Waals surface area contributed by atoms with Gasteiger partial charge >= 0.3 is 0 Å². The van der Waals surface area contributed by atoms with Crippen molar-refractivity contribution in [3.05, 3.63) is 18.2 Å². The molecule has 0 saturated heterocycles. The van der Waals surface area contributed by atoms with E-state index in [4.69, 9.17) is 10.9 Å². The molecule has 0 aromatic heterocycles. The van der Waals surface area contributed by atoms with Crippen LogP contribution in [0.3, 0.4) is 0 Å². The molecule has 0 aliphatic carbocycles. The average molecular weight is 286 g/mol. The van der Waals surface area contributed by atoms with E-state index in [1.165, 1.54) is 6.07 Å². The number of hydrogen-bond acceptors (Lipinski definition) is 5. The molecule has 0 saturated carbocycles. The van der Waals surface area contributed by atoms with Crippen LogP contribution in [0.15, 0.2) is 23.1 Å². The van der Waals surface area contributed by atoms with Crippen molar-refractivity contribution in [2.75, 3.05) is 31.7 Å². The Kier molecular flexibility index (Phi) is 5.16. The minimum absolute atomic E-state index is 0.0442. The van der Waals surface area contributed by atoms with Gasteiger partial charge in [0.1, 0.15) is 4.90 Å². The first-order chi connectivity index (χ1) is 8.71. The molecule has 0 bridgehead atoms. The largest absolute Gasteiger partial charge is 0.396 e. The Bertz CT molecular complexity index is 529. The zero-order valence-electron chi connectivity index (χ0n) is 11.6. The summed E-state index contributed by atoms with van der Waals surface area (Å²) >= 11 is 0. The zero-order valence-corrected chi connectivity index (χ0v) is 12.4. The highest BCUT2D eigenvalue weighted by atomic mass is 32.2. The third-order valence-electron chi connectivity index (χ3n) is 2.78. The number of nitrogens with two attached hydrogens (primary N) is 2. The van der Waals surface area contributed by atoms with E-state index >= 15 is 0 Å². The number of para-hydroxylation sites is 1. The molecule has 7 heteroatoms. The summed E-state index contributed by atoms with van der Waals surface area (Å²) in [7, 11) is 0.215. The number of nitrogens with zero attached hydrogens (tertiary/aromatic N) is 1. The lowest BCUT2D eigenvalue weighted by atomic mass is 10.2. The van der Waals surface area contributed by atoms with Gasteiger partial charge in [0, 0.05) is 6.04 Å². The number of nitrogens with one attached hydrogen (secondary N) is 1. The number of nitrogen functional groups attached to an aromatic ring is 1. The lowest BCUT2D eigenvalue weighted by Gasteiger charge is -2.19. The van der Waals surface area contributed by atoms with Crippen molar-refractivity contribution in [1.29, 1.82) is 0 Å². The molecule has 0 heterocycles. The lowest BCUT2D eigenvalue weighted by Crippen LogP contribution is -2.24. The van der Waals surface area contributed by atoms with Crippen LogP contribution in [0.1, 0.15) is 13.3 Å². The topological polar surface area (TPSA) is 101 Å². The van der Waals surface area contributed by atoms with Crippen LogP contribution in [0.25, 0.3) is 0 Å². The molecule has 19 heavy (non-hydrogen) atoms. The van der Waals surface area contributed by atoms with Crippen LogP contribution in [0.5, 0.6) is 0 Å². The quantitative estimate of drug-likeness (QED) is 0.667. The van der Waals surface area contributed by atoms with Crippen LogP contribution in [-0.4, -0.2) is 40.0 Å². The summed E-state index contributed by atoms with van der Waals surface area (Å²) in [6.07, 6.45) is 0.923. The smallest absolute Gasteiger partial charge is 0.240 e. The van der Waals surface area contributed by atoms with Crippen LogP contribution >= 0.6 is 0 Å². The Balaban J connectivity index is 2.85. The zero-order chi connectivity index (χ0) is 14.6. The van der Waals surface area contributed by atoms with Crippen LogP contribution in [0.2, 0.25) is 0 Å². The van der Waals surface area contributed by atoms with Crippen LogP contribution in [0.4, 0.5) is 11.4 Å². The van der Waals surface area contributed by atoms with Crippen molar-refractivity contribution < 1.29 is 8.42 Å². The van der Waals surface area contributed by atoms with Crippen molar-refractivity contribution in [3.63, 3.8) is 0 Å². The maximum absolute atomic E-state index is 11.4. The summed E-state index contributed by atoms with van der Waals surface area (Å²) in [6.45, 7) is 2.95. The third-order valence-corrected chi connectivity index (χ3v) is 3.75. The average Bonchev–Trinajstić information content (AvgIpc) is 2.27. The molecule has 0 radical (unpaired) electrons. The Hall–Kier alpha value is -1.31. The molecule has 0 spiro atoms. The minimum atomic E-state index is -3.79. The SMILES string of the molecule is CC(CCN(C)C)Nc1cccc(S(N)(=O)=O)c1N. The highest BCUT2D eigenvalue weighted by Crippen LogP contribution is 2.26. The molecule has 1 rings (SSSR count). The van der Waals surface area contributed by atoms with E-state index in [0.29, 0.717) is 5.69 Å². The summed E-state index contributed by atoms with van der Waals surface area (Å²) in [6, 6.07) is 4.95. The summed E-state index contributed by atoms with van der Waals surface area (Å²) in [5.41, 5.74) is 6.61. The van der Waals surface area contributed by atoms with Crippen molar-refractivity contribution in [3.8, 4) is 0 Å². The van der Waals surface area contributed by atoms with Gasteiger partial charge < -0.3 is 16.0 Å². The molecule has 6 nitrogen and oxygen atoms in total. The molecule has 108 valence electrons. The first-order valence-corrected chi connectivity index (χ1v) is 7.59. The Morgan fingerprint density at radius 1 is 1.37 bits per heavy atom. The number of sulfonamides is 1. The van der Waals surface area contributed by atoms with Gasteiger partial charge in [-0.1, -0.05) is 6.07 Å². The third kappa shape index (κ3) is 4.70. The molecular formula is C12H22N4O2S. The van der Waals surface area contributed by atoms with Gasteiger partial charge in [-0.25, -0.2) is 13.6 Å². The number of anilines is 2. The standard InChI is InChI=1S/C12H22N4O2S/c1-9(7-8-16(2)3)15-10-5-4-6-11(12(10)13)19(14,17)18/h4-6,9,15H,7-8,13H2,1-3H3,(H2,14,17,18). The van der Waals surface area contributed by atoms with E-state index < -0.39 is 10.0 Å². The van der Waals surface area contributed by atoms with Gasteiger partial charge in [0.15, 0.2) is 0 Å². The fourth-order valence-corrected chi connectivity index (χ4v) is 2.39. The molecule has 5 N–H and O–H groups in total. The predicted octanol–water partition coefficient (Wildman–Crippen LogP) is 0.668. The first-order valence-electron chi connectivity index (χ1n) is 6.04. The van der Waals surface area contributed by atoms with E-state index in [1.54, 1.807) is 12.1 Å². The number of benzene rings is 1. The minimum Gasteiger partial charge on any atom is -0.396 e. The second-order valence-electron chi connectivity index (χ2n) is 4.90. The van der Waals surface area contributed by atoms with Crippen molar-refractivity contribution in [1.82, 2.24) is 4.90 Å². The van der Waals surface area contributed by atoms with Gasteiger partial charge in [-0.05, 0) is 46.1 Å². The summed E-state index contributed by atoms with van der Waals surface area (Å²) < 4.78 is 22.7. The Morgan fingerprint density at radius 2 is 2.00 bits per heavy atom. The lowest BCUT2D eigenvalue weighted by molar-refractivity contribution is 0.390. The van der Waals surface area contributed by atoms with E-state index in [2.05, 4.69) is 10.2 Å². The van der Waals surface area contributed by atoms with Crippen LogP contribution < -0.4 is 16.2 Å². The molecule has 1 aromatic carbocycles. The summed E-state index contributed by atoms with van der Waals surface area (Å²) in [4.78, 5) is 2.04. The van der Waals surface area contributed by atoms with E-state index in [1.807, 2.05) is 21.0 Å². The predicted molar refractivity (Wildman–Crippen MR) is 78.5 cm³/mol. The molecule has 0 aliphatic heterocycles. The number of hydrogen-bond donors (Lipinski definition) is 3. The monoisotopic (exact) mass is 286 g/mol. The van der Waals surface area contributed by atoms with Crippen LogP contribution in [0, 0.1) is 0 Å². The maximum atomic E-state index is 11.4. The normalized spacial score (nSPS) is 13.5. The van der Waals surface area contributed by atoms with Crippen molar-refractivity contribution in [2.45, 2.75) is 24.3 Å². The van der Waals surface area contributed by atoms with Gasteiger partial charge in [-0.3, -0.25) is 0 Å². The molecule has 0 fully saturated rings. The van der Waals surface area contributed by atoms with E-state index in [0.717, 1.165) is 13.0 Å². The van der Waals surface area contributed by atoms with Crippen LogP contribution in [-0.2, 0) is 10.0 Å². The molecule has 1 aromatic rings. The second-order valence-corrected chi connectivity index (χ2v) is 6.43. The Labute approximate surface area is 114 Å². The molecule has 0 aliphatic rings. The van der Waals surface area contributed by atoms with E-state index in [9.17, 15) is 8.42 Å². The number of rotatable bonds is 6. The Morgan fingerprint density at radius 3 is 2.53 bits per heavy atom. The second kappa shape index (κ2) is 6.23. The van der Waals surface area contributed by atoms with Gasteiger partial charge in [-0.15, -0.1) is 0 Å². The highest BCUT2D eigenvalue weighted by Gasteiger charge is 2.15. The van der Waals surface area contributed by atoms with Crippen molar-refractivity contribution >= 4 is 21.4 Å². The summed E-state index contributed by atoms with van der Waals surface area (Å²) in [5, 5.41) is 8.32. The fourth-order valence-electron chi connectivity index (χ4n) is 1.71. The van der Waals surface area contributed by atoms with Gasteiger partial charge in [-0.2, -0.15) is 0 Å². The van der Waals surface area contributed by atoms with Crippen molar-refractivity contribution in [2.24, 2.45) is 5.14 Å². The van der Waals surface area contributed by atoms with Gasteiger partial charge in [0.2, 0.25) is 10.0 Å². The molecular weight excluding hydrogens is 264 g/mol. The fraction of sp³-hybridized carbons (Fsp3) is 0.500. The molecule has 1 atom stereocenters.